The minimum Gasteiger partial charge on any atom is -0.485 e. The van der Waals surface area contributed by atoms with E-state index in [1.54, 1.807) is 6.07 Å². The number of para-hydroxylation sites is 1. The van der Waals surface area contributed by atoms with Crippen LogP contribution in [0.2, 0.25) is 0 Å². The molecule has 3 rings (SSSR count). The number of ether oxygens (including phenoxy) is 2. The highest BCUT2D eigenvalue weighted by atomic mass is 19.1. The summed E-state index contributed by atoms with van der Waals surface area (Å²) in [5, 5.41) is 3.84. The fourth-order valence-corrected chi connectivity index (χ4v) is 2.96. The molecule has 0 spiro atoms. The first kappa shape index (κ1) is 18.6. The van der Waals surface area contributed by atoms with Crippen LogP contribution in [-0.4, -0.2) is 52.4 Å². The number of amides is 1. The quantitative estimate of drug-likeness (QED) is 0.711. The van der Waals surface area contributed by atoms with Crippen molar-refractivity contribution in [2.45, 2.75) is 25.1 Å². The minimum atomic E-state index is -0.876. The fourth-order valence-electron chi connectivity index (χ4n) is 2.96. The topological polar surface area (TPSA) is 90.7 Å². The molecule has 0 N–H and O–H groups in total. The molecule has 0 radical (unpaired) electrons. The van der Waals surface area contributed by atoms with Gasteiger partial charge < -0.3 is 14.4 Å². The van der Waals surface area contributed by atoms with Crippen molar-refractivity contribution < 1.29 is 23.5 Å². The summed E-state index contributed by atoms with van der Waals surface area (Å²) in [6, 6.07) is 7.77. The summed E-state index contributed by atoms with van der Waals surface area (Å²) in [6.45, 7) is -0.256. The number of carbonyl (C=O) groups is 2. The molecule has 0 unspecified atom stereocenters. The Bertz CT molecular complexity index is 900. The van der Waals surface area contributed by atoms with Crippen LogP contribution in [-0.2, 0) is 20.9 Å². The Hall–Kier alpha value is -3.23. The lowest BCUT2D eigenvalue weighted by atomic mass is 10.2. The molecule has 1 amide bonds. The van der Waals surface area contributed by atoms with Gasteiger partial charge in [-0.2, -0.15) is 5.10 Å². The Morgan fingerprint density at radius 1 is 1.26 bits per heavy atom. The highest BCUT2D eigenvalue weighted by Crippen LogP contribution is 2.25. The van der Waals surface area contributed by atoms with Crippen LogP contribution in [0.15, 0.2) is 47.4 Å². The van der Waals surface area contributed by atoms with Crippen molar-refractivity contribution in [2.75, 3.05) is 13.7 Å². The molecular weight excluding hydrogens is 357 g/mol. The maximum atomic E-state index is 13.8. The van der Waals surface area contributed by atoms with Crippen molar-refractivity contribution in [1.29, 1.82) is 0 Å². The molecule has 1 fully saturated rings. The molecule has 2 aromatic rings. The lowest BCUT2D eigenvalue weighted by molar-refractivity contribution is -0.151. The standard InChI is InChI=1S/C18H18FN3O5/c1-26-18(25)14-9-12(27-15-6-3-2-5-13(15)19)10-21(14)17(24)11-22-16(23)7-4-8-20-22/h2-8,12,14H,9-11H2,1H3/t12-,14+/m0/s1. The van der Waals surface area contributed by atoms with Gasteiger partial charge in [0.15, 0.2) is 11.6 Å². The molecule has 1 aromatic heterocycles. The monoisotopic (exact) mass is 375 g/mol. The summed E-state index contributed by atoms with van der Waals surface area (Å²) in [5.41, 5.74) is -0.432. The predicted molar refractivity (Wildman–Crippen MR) is 91.4 cm³/mol. The van der Waals surface area contributed by atoms with Crippen molar-refractivity contribution in [3.05, 3.63) is 58.8 Å². The first-order valence-corrected chi connectivity index (χ1v) is 8.30. The number of aromatic nitrogens is 2. The highest BCUT2D eigenvalue weighted by molar-refractivity contribution is 5.85. The predicted octanol–water partition coefficient (Wildman–Crippen LogP) is 0.604. The average Bonchev–Trinajstić information content (AvgIpc) is 3.09. The van der Waals surface area contributed by atoms with Gasteiger partial charge in [-0.15, -0.1) is 0 Å². The molecule has 8 nitrogen and oxygen atoms in total. The maximum absolute atomic E-state index is 13.8. The highest BCUT2D eigenvalue weighted by Gasteiger charge is 2.41. The Morgan fingerprint density at radius 2 is 2.04 bits per heavy atom. The van der Waals surface area contributed by atoms with Crippen LogP contribution in [0, 0.1) is 5.82 Å². The average molecular weight is 375 g/mol. The number of halogens is 1. The maximum Gasteiger partial charge on any atom is 0.328 e. The van der Waals surface area contributed by atoms with Crippen LogP contribution in [0.4, 0.5) is 4.39 Å². The van der Waals surface area contributed by atoms with Gasteiger partial charge in [-0.25, -0.2) is 13.9 Å². The number of esters is 1. The Kier molecular flexibility index (Phi) is 5.49. The van der Waals surface area contributed by atoms with Crippen LogP contribution in [0.5, 0.6) is 5.75 Å². The van der Waals surface area contributed by atoms with E-state index in [9.17, 15) is 18.8 Å². The van der Waals surface area contributed by atoms with Gasteiger partial charge in [0.1, 0.15) is 18.7 Å². The summed E-state index contributed by atoms with van der Waals surface area (Å²) in [6.07, 6.45) is 0.958. The van der Waals surface area contributed by atoms with Gasteiger partial charge in [-0.1, -0.05) is 12.1 Å². The second kappa shape index (κ2) is 7.98. The Labute approximate surface area is 154 Å². The number of hydrogen-bond acceptors (Lipinski definition) is 6. The van der Waals surface area contributed by atoms with Gasteiger partial charge in [0.2, 0.25) is 5.91 Å². The normalized spacial score (nSPS) is 19.0. The SMILES string of the molecule is COC(=O)[C@H]1C[C@H](Oc2ccccc2F)CN1C(=O)Cn1ncccc1=O. The van der Waals surface area contributed by atoms with Crippen LogP contribution < -0.4 is 10.3 Å². The summed E-state index contributed by atoms with van der Waals surface area (Å²) < 4.78 is 25.2. The smallest absolute Gasteiger partial charge is 0.328 e. The van der Waals surface area contributed by atoms with E-state index in [1.807, 2.05) is 0 Å². The van der Waals surface area contributed by atoms with Crippen LogP contribution in [0.25, 0.3) is 0 Å². The van der Waals surface area contributed by atoms with Crippen molar-refractivity contribution >= 4 is 11.9 Å². The molecule has 0 bridgehead atoms. The number of carbonyl (C=O) groups excluding carboxylic acids is 2. The lowest BCUT2D eigenvalue weighted by Gasteiger charge is -2.22. The van der Waals surface area contributed by atoms with Crippen molar-refractivity contribution in [3.8, 4) is 5.75 Å². The van der Waals surface area contributed by atoms with Crippen LogP contribution in [0.1, 0.15) is 6.42 Å². The molecule has 9 heteroatoms. The van der Waals surface area contributed by atoms with Gasteiger partial charge in [0.25, 0.3) is 5.56 Å². The van der Waals surface area contributed by atoms with Gasteiger partial charge in [-0.3, -0.25) is 9.59 Å². The van der Waals surface area contributed by atoms with E-state index in [0.717, 1.165) is 4.68 Å². The van der Waals surface area contributed by atoms with Crippen molar-refractivity contribution in [3.63, 3.8) is 0 Å². The van der Waals surface area contributed by atoms with E-state index in [0.29, 0.717) is 0 Å². The number of rotatable bonds is 5. The fraction of sp³-hybridized carbons (Fsp3) is 0.333. The van der Waals surface area contributed by atoms with Crippen molar-refractivity contribution in [1.82, 2.24) is 14.7 Å². The Morgan fingerprint density at radius 3 is 2.74 bits per heavy atom. The third kappa shape index (κ3) is 4.13. The first-order chi connectivity index (χ1) is 13.0. The number of nitrogens with zero attached hydrogens (tertiary/aromatic N) is 3. The molecule has 2 atom stereocenters. The van der Waals surface area contributed by atoms with E-state index in [2.05, 4.69) is 5.10 Å². The molecular formula is C18H18FN3O5. The molecule has 1 saturated heterocycles. The van der Waals surface area contributed by atoms with E-state index in [4.69, 9.17) is 9.47 Å². The summed E-state index contributed by atoms with van der Waals surface area (Å²) in [4.78, 5) is 37.8. The van der Waals surface area contributed by atoms with Gasteiger partial charge in [0.05, 0.1) is 13.7 Å². The number of hydrogen-bond donors (Lipinski definition) is 0. The van der Waals surface area contributed by atoms with Crippen LogP contribution in [0.3, 0.4) is 0 Å². The third-order valence-corrected chi connectivity index (χ3v) is 4.26. The number of likely N-dealkylation sites (tertiary alicyclic amines) is 1. The molecule has 1 aromatic carbocycles. The zero-order chi connectivity index (χ0) is 19.4. The number of methoxy groups -OCH3 is 1. The second-order valence-electron chi connectivity index (χ2n) is 6.01. The van der Waals surface area contributed by atoms with Crippen LogP contribution >= 0.6 is 0 Å². The Balaban J connectivity index is 1.76. The lowest BCUT2D eigenvalue weighted by Crippen LogP contribution is -2.44. The minimum absolute atomic E-state index is 0.0429. The zero-order valence-electron chi connectivity index (χ0n) is 14.6. The molecule has 142 valence electrons. The molecule has 0 saturated carbocycles. The molecule has 27 heavy (non-hydrogen) atoms. The van der Waals surface area contributed by atoms with E-state index in [-0.39, 0.29) is 25.3 Å². The third-order valence-electron chi connectivity index (χ3n) is 4.26. The molecule has 0 aliphatic carbocycles. The summed E-state index contributed by atoms with van der Waals surface area (Å²) in [7, 11) is 1.22. The largest absolute Gasteiger partial charge is 0.485 e. The molecule has 1 aliphatic rings. The van der Waals surface area contributed by atoms with E-state index >= 15 is 0 Å². The zero-order valence-corrected chi connectivity index (χ0v) is 14.6. The van der Waals surface area contributed by atoms with Gasteiger partial charge in [0, 0.05) is 18.7 Å². The number of benzene rings is 1. The first-order valence-electron chi connectivity index (χ1n) is 8.30. The van der Waals surface area contributed by atoms with Crippen molar-refractivity contribution in [2.24, 2.45) is 0 Å². The van der Waals surface area contributed by atoms with E-state index < -0.39 is 35.4 Å². The second-order valence-corrected chi connectivity index (χ2v) is 6.01. The molecule has 2 heterocycles. The summed E-state index contributed by atoms with van der Waals surface area (Å²) >= 11 is 0. The molecule has 1 aliphatic heterocycles. The van der Waals surface area contributed by atoms with E-state index in [1.165, 1.54) is 48.5 Å². The van der Waals surface area contributed by atoms with Gasteiger partial charge in [-0.05, 0) is 18.2 Å². The van der Waals surface area contributed by atoms with Gasteiger partial charge >= 0.3 is 5.97 Å². The summed E-state index contributed by atoms with van der Waals surface area (Å²) in [5.74, 6) is -1.57.